The van der Waals surface area contributed by atoms with E-state index in [0.717, 1.165) is 5.56 Å². The molecule has 2 N–H and O–H groups in total. The van der Waals surface area contributed by atoms with Crippen LogP contribution in [0.3, 0.4) is 0 Å². The van der Waals surface area contributed by atoms with Crippen LogP contribution in [0.25, 0.3) is 0 Å². The lowest BCUT2D eigenvalue weighted by atomic mass is 9.91. The van der Waals surface area contributed by atoms with E-state index in [0.29, 0.717) is 5.70 Å². The lowest BCUT2D eigenvalue weighted by molar-refractivity contribution is -0.385. The second-order valence-electron chi connectivity index (χ2n) is 6.72. The molecule has 1 aliphatic heterocycles. The molecule has 156 valence electrons. The molecule has 2 aromatic rings. The van der Waals surface area contributed by atoms with E-state index in [1.54, 1.807) is 6.92 Å². The van der Waals surface area contributed by atoms with Crippen molar-refractivity contribution in [1.29, 1.82) is 0 Å². The molecule has 2 amide bonds. The zero-order valence-electron chi connectivity index (χ0n) is 16.7. The van der Waals surface area contributed by atoms with Crippen LogP contribution in [-0.4, -0.2) is 23.8 Å². The van der Waals surface area contributed by atoms with E-state index in [-0.39, 0.29) is 40.7 Å². The minimum Gasteiger partial charge on any atom is -0.493 e. The molecule has 0 aromatic heterocycles. The molecule has 9 heteroatoms. The Balaban J connectivity index is 2.06. The fourth-order valence-electron chi connectivity index (χ4n) is 3.36. The van der Waals surface area contributed by atoms with Gasteiger partial charge in [0.15, 0.2) is 17.3 Å². The average molecular weight is 411 g/mol. The lowest BCUT2D eigenvalue weighted by Gasteiger charge is -2.28. The number of hydrogen-bond acceptors (Lipinski definition) is 6. The highest BCUT2D eigenvalue weighted by atomic mass is 16.6. The molecule has 1 atom stereocenters. The number of nitrogens with one attached hydrogen (secondary N) is 2. The van der Waals surface area contributed by atoms with Crippen molar-refractivity contribution in [3.05, 3.63) is 75.0 Å². The van der Waals surface area contributed by atoms with Gasteiger partial charge < -0.3 is 20.1 Å². The predicted octanol–water partition coefficient (Wildman–Crippen LogP) is 3.40. The Morgan fingerprint density at radius 2 is 1.90 bits per heavy atom. The maximum absolute atomic E-state index is 12.2. The quantitative estimate of drug-likeness (QED) is 0.532. The first-order valence-electron chi connectivity index (χ1n) is 9.14. The third kappa shape index (κ3) is 4.24. The predicted molar refractivity (Wildman–Crippen MR) is 108 cm³/mol. The summed E-state index contributed by atoms with van der Waals surface area (Å²) in [4.78, 5) is 35.4. The number of ether oxygens (including phenoxy) is 2. The number of nitro benzene ring substituents is 1. The molecule has 0 unspecified atom stereocenters. The maximum atomic E-state index is 12.2. The number of methoxy groups -OCH3 is 1. The number of ketones is 1. The van der Waals surface area contributed by atoms with E-state index in [1.807, 2.05) is 30.3 Å². The Hall–Kier alpha value is -3.88. The van der Waals surface area contributed by atoms with E-state index >= 15 is 0 Å². The summed E-state index contributed by atoms with van der Waals surface area (Å²) in [5.74, 6) is 0.115. The third-order valence-electron chi connectivity index (χ3n) is 4.71. The summed E-state index contributed by atoms with van der Waals surface area (Å²) in [6, 6.07) is 10.5. The molecule has 0 fully saturated rings. The number of amides is 2. The Labute approximate surface area is 172 Å². The van der Waals surface area contributed by atoms with Crippen LogP contribution in [0.4, 0.5) is 10.5 Å². The Morgan fingerprint density at radius 1 is 1.20 bits per heavy atom. The number of nitro groups is 1. The van der Waals surface area contributed by atoms with Crippen LogP contribution in [0.15, 0.2) is 53.7 Å². The van der Waals surface area contributed by atoms with Gasteiger partial charge in [0.05, 0.1) is 29.7 Å². The largest absolute Gasteiger partial charge is 0.493 e. The van der Waals surface area contributed by atoms with E-state index in [2.05, 4.69) is 10.6 Å². The summed E-state index contributed by atoms with van der Waals surface area (Å²) in [5.41, 5.74) is 1.29. The van der Waals surface area contributed by atoms with E-state index < -0.39 is 17.0 Å². The van der Waals surface area contributed by atoms with Crippen molar-refractivity contribution in [2.45, 2.75) is 26.5 Å². The van der Waals surface area contributed by atoms with Crippen molar-refractivity contribution in [3.63, 3.8) is 0 Å². The first-order chi connectivity index (χ1) is 14.3. The van der Waals surface area contributed by atoms with Gasteiger partial charge in [-0.25, -0.2) is 4.79 Å². The van der Waals surface area contributed by atoms with E-state index in [4.69, 9.17) is 9.47 Å². The molecule has 1 heterocycles. The lowest BCUT2D eigenvalue weighted by Crippen LogP contribution is -2.44. The minimum atomic E-state index is -0.992. The summed E-state index contributed by atoms with van der Waals surface area (Å²) >= 11 is 0. The summed E-state index contributed by atoms with van der Waals surface area (Å²) in [6.07, 6.45) is 0. The van der Waals surface area contributed by atoms with Crippen LogP contribution in [0.5, 0.6) is 11.5 Å². The number of carbonyl (C=O) groups excluding carboxylic acids is 2. The van der Waals surface area contributed by atoms with Crippen LogP contribution >= 0.6 is 0 Å². The maximum Gasteiger partial charge on any atom is 0.319 e. The van der Waals surface area contributed by atoms with Gasteiger partial charge in [0.1, 0.15) is 6.61 Å². The molecule has 0 radical (unpaired) electrons. The number of Topliss-reactive ketones (excluding diaryl/α,β-unsaturated/α-hetero) is 1. The van der Waals surface area contributed by atoms with Crippen molar-refractivity contribution >= 4 is 17.5 Å². The fraction of sp³-hybridized carbons (Fsp3) is 0.238. The highest BCUT2D eigenvalue weighted by Crippen LogP contribution is 2.41. The highest BCUT2D eigenvalue weighted by molar-refractivity contribution is 5.98. The number of benzene rings is 2. The zero-order valence-corrected chi connectivity index (χ0v) is 16.7. The van der Waals surface area contributed by atoms with Crippen LogP contribution in [0, 0.1) is 10.1 Å². The second kappa shape index (κ2) is 8.64. The average Bonchev–Trinajstić information content (AvgIpc) is 2.71. The van der Waals surface area contributed by atoms with Crippen LogP contribution in [0.1, 0.15) is 31.0 Å². The van der Waals surface area contributed by atoms with Gasteiger partial charge in [0.25, 0.3) is 5.69 Å². The molecule has 2 aromatic carbocycles. The Morgan fingerprint density at radius 3 is 2.50 bits per heavy atom. The van der Waals surface area contributed by atoms with Gasteiger partial charge in [-0.3, -0.25) is 14.9 Å². The summed E-state index contributed by atoms with van der Waals surface area (Å²) in [5, 5.41) is 16.9. The summed E-state index contributed by atoms with van der Waals surface area (Å²) in [6.45, 7) is 3.10. The summed E-state index contributed by atoms with van der Waals surface area (Å²) in [7, 11) is 1.41. The van der Waals surface area contributed by atoms with Crippen LogP contribution < -0.4 is 20.1 Å². The molecule has 0 saturated heterocycles. The first-order valence-corrected chi connectivity index (χ1v) is 9.14. The van der Waals surface area contributed by atoms with E-state index in [1.165, 1.54) is 26.2 Å². The Bertz CT molecular complexity index is 1030. The smallest absolute Gasteiger partial charge is 0.319 e. The fourth-order valence-corrected chi connectivity index (χ4v) is 3.36. The van der Waals surface area contributed by atoms with Gasteiger partial charge >= 0.3 is 6.03 Å². The molecule has 3 rings (SSSR count). The number of rotatable bonds is 7. The zero-order chi connectivity index (χ0) is 21.8. The molecule has 9 nitrogen and oxygen atoms in total. The molecule has 0 spiro atoms. The topological polar surface area (TPSA) is 120 Å². The van der Waals surface area contributed by atoms with Gasteiger partial charge in [-0.1, -0.05) is 30.3 Å². The molecular weight excluding hydrogens is 390 g/mol. The van der Waals surface area contributed by atoms with Crippen molar-refractivity contribution in [3.8, 4) is 11.5 Å². The van der Waals surface area contributed by atoms with Crippen LogP contribution in [0.2, 0.25) is 0 Å². The molecule has 30 heavy (non-hydrogen) atoms. The van der Waals surface area contributed by atoms with Crippen molar-refractivity contribution in [2.75, 3.05) is 7.11 Å². The van der Waals surface area contributed by atoms with Crippen molar-refractivity contribution in [2.24, 2.45) is 0 Å². The van der Waals surface area contributed by atoms with Crippen molar-refractivity contribution < 1.29 is 24.0 Å². The highest BCUT2D eigenvalue weighted by Gasteiger charge is 2.35. The van der Waals surface area contributed by atoms with Crippen molar-refractivity contribution in [1.82, 2.24) is 10.6 Å². The third-order valence-corrected chi connectivity index (χ3v) is 4.71. The molecular formula is C21H21N3O6. The number of urea groups is 1. The van der Waals surface area contributed by atoms with Gasteiger partial charge in [-0.2, -0.15) is 0 Å². The normalized spacial score (nSPS) is 15.8. The number of nitrogens with zero attached hydrogens (tertiary/aromatic N) is 1. The molecule has 0 aliphatic carbocycles. The minimum absolute atomic E-state index is 0.128. The molecule has 0 saturated carbocycles. The van der Waals surface area contributed by atoms with Gasteiger partial charge in [-0.05, 0) is 25.5 Å². The summed E-state index contributed by atoms with van der Waals surface area (Å²) < 4.78 is 11.1. The molecule has 1 aliphatic rings. The van der Waals surface area contributed by atoms with E-state index in [9.17, 15) is 19.7 Å². The van der Waals surface area contributed by atoms with Gasteiger partial charge in [0, 0.05) is 11.3 Å². The standard InChI is InChI=1S/C21H21N3O6/c1-12-19(13(2)25)20(23-21(26)22-12)15-9-17(29-3)18(10-16(15)24(27)28)30-11-14-7-5-4-6-8-14/h4-10,20H,11H2,1-3H3,(H2,22,23,26)/t20-/m0/s1. The van der Waals surface area contributed by atoms with Gasteiger partial charge in [0.2, 0.25) is 0 Å². The number of allylic oxidation sites excluding steroid dienone is 1. The number of carbonyl (C=O) groups is 2. The monoisotopic (exact) mass is 411 g/mol. The first kappa shape index (κ1) is 20.8. The second-order valence-corrected chi connectivity index (χ2v) is 6.72. The van der Waals surface area contributed by atoms with Crippen LogP contribution in [-0.2, 0) is 11.4 Å². The number of hydrogen-bond donors (Lipinski definition) is 2. The Kier molecular flexibility index (Phi) is 6.01. The van der Waals surface area contributed by atoms with Gasteiger partial charge in [-0.15, -0.1) is 0 Å². The SMILES string of the molecule is COc1cc([C@@H]2NC(=O)NC(C)=C2C(C)=O)c([N+](=O)[O-])cc1OCc1ccccc1. The molecule has 0 bridgehead atoms.